The highest BCUT2D eigenvalue weighted by molar-refractivity contribution is 7.92. The average Bonchev–Trinajstić information content (AvgIpc) is 3.34. The van der Waals surface area contributed by atoms with Gasteiger partial charge in [-0.1, -0.05) is 12.1 Å². The van der Waals surface area contributed by atoms with Crippen LogP contribution in [0, 0.1) is 12.7 Å². The summed E-state index contributed by atoms with van der Waals surface area (Å²) in [6.45, 7) is 8.09. The Morgan fingerprint density at radius 1 is 1.23 bits per heavy atom. The smallest absolute Gasteiger partial charge is 0.475 e. The van der Waals surface area contributed by atoms with Crippen LogP contribution in [-0.4, -0.2) is 52.6 Å². The van der Waals surface area contributed by atoms with Crippen molar-refractivity contribution in [1.82, 2.24) is 14.9 Å². The van der Waals surface area contributed by atoms with Crippen LogP contribution >= 0.6 is 11.3 Å². The van der Waals surface area contributed by atoms with Crippen LogP contribution in [0.25, 0.3) is 0 Å². The minimum Gasteiger partial charge on any atom is -0.475 e. The molecule has 1 fully saturated rings. The fourth-order valence-electron chi connectivity index (χ4n) is 3.68. The number of anilines is 2. The molecule has 1 aliphatic heterocycles. The molecule has 0 aliphatic carbocycles. The lowest BCUT2D eigenvalue weighted by Gasteiger charge is -2.48. The minimum atomic E-state index is -5.08. The molecule has 39 heavy (non-hydrogen) atoms. The maximum atomic E-state index is 14.7. The van der Waals surface area contributed by atoms with Crippen LogP contribution in [-0.2, 0) is 27.9 Å². The highest BCUT2D eigenvalue weighted by atomic mass is 32.2. The summed E-state index contributed by atoms with van der Waals surface area (Å²) in [7, 11) is -3.83. The van der Waals surface area contributed by atoms with Gasteiger partial charge in [-0.2, -0.15) is 21.6 Å². The number of alkyl halides is 3. The van der Waals surface area contributed by atoms with Gasteiger partial charge >= 0.3 is 12.1 Å². The number of thiazole rings is 1. The third kappa shape index (κ3) is 7.86. The third-order valence-electron chi connectivity index (χ3n) is 6.13. The molecule has 0 bridgehead atoms. The van der Waals surface area contributed by atoms with Crippen LogP contribution in [0.2, 0.25) is 0 Å². The van der Waals surface area contributed by atoms with Crippen LogP contribution in [0.4, 0.5) is 29.1 Å². The average molecular weight is 590 g/mol. The highest BCUT2D eigenvalue weighted by Gasteiger charge is 2.38. The van der Waals surface area contributed by atoms with E-state index in [9.17, 15) is 26.0 Å². The van der Waals surface area contributed by atoms with Gasteiger partial charge in [0.05, 0.1) is 16.9 Å². The van der Waals surface area contributed by atoms with E-state index in [1.54, 1.807) is 29.9 Å². The molecule has 0 saturated carbocycles. The molecule has 3 N–H and O–H groups in total. The van der Waals surface area contributed by atoms with E-state index in [1.165, 1.54) is 23.5 Å². The van der Waals surface area contributed by atoms with Crippen LogP contribution in [0.15, 0.2) is 46.2 Å². The van der Waals surface area contributed by atoms with E-state index in [-0.39, 0.29) is 28.7 Å². The molecule has 2 aromatic heterocycles. The van der Waals surface area contributed by atoms with E-state index in [0.29, 0.717) is 23.5 Å². The number of pyridine rings is 1. The summed E-state index contributed by atoms with van der Waals surface area (Å²) >= 11 is 1.29. The van der Waals surface area contributed by atoms with Gasteiger partial charge in [-0.3, -0.25) is 9.62 Å². The second kappa shape index (κ2) is 11.8. The summed E-state index contributed by atoms with van der Waals surface area (Å²) in [6.07, 6.45) is -3.95. The third-order valence-corrected chi connectivity index (χ3v) is 7.97. The lowest BCUT2D eigenvalue weighted by molar-refractivity contribution is -0.192. The SMILES string of the molecule is Cc1nc(S(=O)(=O)Nc2cscn2)ccc1NCc1c(F)cccc1CN1CCC1(C)C.O=C(O)C(F)(F)F. The number of likely N-dealkylation sites (tertiary alicyclic amines) is 1. The van der Waals surface area contributed by atoms with Gasteiger partial charge in [0, 0.05) is 36.1 Å². The fourth-order valence-corrected chi connectivity index (χ4v) is 5.23. The summed E-state index contributed by atoms with van der Waals surface area (Å²) in [6, 6.07) is 8.24. The number of hydrogen-bond acceptors (Lipinski definition) is 8. The van der Waals surface area contributed by atoms with Gasteiger partial charge in [0.1, 0.15) is 5.82 Å². The van der Waals surface area contributed by atoms with Crippen LogP contribution in [0.5, 0.6) is 0 Å². The zero-order valence-corrected chi connectivity index (χ0v) is 22.8. The Kier molecular flexibility index (Phi) is 9.18. The maximum Gasteiger partial charge on any atom is 0.490 e. The van der Waals surface area contributed by atoms with E-state index in [2.05, 4.69) is 38.8 Å². The summed E-state index contributed by atoms with van der Waals surface area (Å²) in [5, 5.41) is 11.9. The van der Waals surface area contributed by atoms with Crippen molar-refractivity contribution >= 4 is 38.8 Å². The number of carboxylic acids is 1. The van der Waals surface area contributed by atoms with Crippen LogP contribution < -0.4 is 10.0 Å². The topological polar surface area (TPSA) is 125 Å². The van der Waals surface area contributed by atoms with E-state index >= 15 is 0 Å². The number of hydrogen-bond donors (Lipinski definition) is 3. The first-order chi connectivity index (χ1) is 18.1. The van der Waals surface area contributed by atoms with Gasteiger partial charge in [0.2, 0.25) is 0 Å². The maximum absolute atomic E-state index is 14.7. The van der Waals surface area contributed by atoms with Gasteiger partial charge < -0.3 is 10.4 Å². The lowest BCUT2D eigenvalue weighted by atomic mass is 9.88. The van der Waals surface area contributed by atoms with Crippen molar-refractivity contribution in [2.75, 3.05) is 16.6 Å². The Labute approximate surface area is 227 Å². The Bertz CT molecular complexity index is 1410. The van der Waals surface area contributed by atoms with Gasteiger partial charge in [0.25, 0.3) is 10.0 Å². The Balaban J connectivity index is 0.000000532. The number of carboxylic acid groups (broad SMARTS) is 1. The summed E-state index contributed by atoms with van der Waals surface area (Å²) in [5.41, 5.74) is 4.39. The molecule has 1 saturated heterocycles. The minimum absolute atomic E-state index is 0.0971. The van der Waals surface area contributed by atoms with E-state index in [4.69, 9.17) is 9.90 Å². The van der Waals surface area contributed by atoms with Crippen molar-refractivity contribution in [2.45, 2.75) is 57.0 Å². The number of aryl methyl sites for hydroxylation is 1. The summed E-state index contributed by atoms with van der Waals surface area (Å²) in [4.78, 5) is 19.4. The number of nitrogens with one attached hydrogen (secondary N) is 2. The van der Waals surface area contributed by atoms with Crippen molar-refractivity contribution in [3.05, 3.63) is 63.9 Å². The first kappa shape index (κ1) is 30.2. The second-order valence-electron chi connectivity index (χ2n) is 9.28. The first-order valence-corrected chi connectivity index (χ1v) is 14.0. The number of rotatable bonds is 8. The predicted molar refractivity (Wildman–Crippen MR) is 138 cm³/mol. The molecule has 3 heterocycles. The van der Waals surface area contributed by atoms with Gasteiger partial charge in [-0.05, 0) is 51.0 Å². The largest absolute Gasteiger partial charge is 0.490 e. The van der Waals surface area contributed by atoms with E-state index in [1.807, 2.05) is 6.07 Å². The predicted octanol–water partition coefficient (Wildman–Crippen LogP) is 5.02. The number of halogens is 4. The van der Waals surface area contributed by atoms with Gasteiger partial charge in [-0.15, -0.1) is 11.3 Å². The molecule has 9 nitrogen and oxygen atoms in total. The van der Waals surface area contributed by atoms with Gasteiger partial charge in [0.15, 0.2) is 10.8 Å². The summed E-state index contributed by atoms with van der Waals surface area (Å²) in [5.74, 6) is -2.76. The molecule has 4 rings (SSSR count). The molecular formula is C24H27F4N5O4S2. The van der Waals surface area contributed by atoms with Crippen molar-refractivity contribution in [3.8, 4) is 0 Å². The number of carbonyl (C=O) groups is 1. The van der Waals surface area contributed by atoms with Crippen LogP contribution in [0.1, 0.15) is 37.1 Å². The van der Waals surface area contributed by atoms with Gasteiger partial charge in [-0.25, -0.2) is 19.2 Å². The zero-order chi connectivity index (χ0) is 29.0. The fraction of sp³-hybridized carbons (Fsp3) is 0.375. The highest BCUT2D eigenvalue weighted by Crippen LogP contribution is 2.32. The number of sulfonamides is 1. The number of aromatic nitrogens is 2. The Morgan fingerprint density at radius 3 is 2.44 bits per heavy atom. The van der Waals surface area contributed by atoms with Crippen molar-refractivity contribution < 1.29 is 35.9 Å². The molecule has 1 aliphatic rings. The zero-order valence-electron chi connectivity index (χ0n) is 21.2. The molecule has 0 amide bonds. The molecule has 212 valence electrons. The molecule has 0 radical (unpaired) electrons. The quantitative estimate of drug-likeness (QED) is 0.313. The van der Waals surface area contributed by atoms with E-state index in [0.717, 1.165) is 18.5 Å². The number of benzene rings is 1. The molecule has 1 aromatic carbocycles. The molecule has 15 heteroatoms. The Hall–Kier alpha value is -3.30. The number of aliphatic carboxylic acids is 1. The van der Waals surface area contributed by atoms with Crippen molar-refractivity contribution in [2.24, 2.45) is 0 Å². The summed E-state index contributed by atoms with van der Waals surface area (Å²) < 4.78 is 73.9. The Morgan fingerprint density at radius 2 is 1.92 bits per heavy atom. The molecule has 0 unspecified atom stereocenters. The molecule has 0 atom stereocenters. The van der Waals surface area contributed by atoms with Crippen LogP contribution in [0.3, 0.4) is 0 Å². The first-order valence-electron chi connectivity index (χ1n) is 11.5. The monoisotopic (exact) mass is 589 g/mol. The second-order valence-corrected chi connectivity index (χ2v) is 11.6. The van der Waals surface area contributed by atoms with E-state index < -0.39 is 22.2 Å². The normalized spacial score (nSPS) is 15.1. The molecule has 3 aromatic rings. The standard InChI is InChI=1S/C22H26FN5O2S2.C2HF3O2/c1-15-19(7-8-21(26-15)32(29,30)27-20-13-31-14-25-20)24-11-17-16(5-4-6-18(17)23)12-28-10-9-22(28,2)3;3-2(4,5)1(6)7/h4-8,13-14,24,27H,9-12H2,1-3H3;(H,6,7). The molecule has 0 spiro atoms. The van der Waals surface area contributed by atoms with Crippen molar-refractivity contribution in [1.29, 1.82) is 0 Å². The molecular weight excluding hydrogens is 562 g/mol. The lowest BCUT2D eigenvalue weighted by Crippen LogP contribution is -2.55. The number of nitrogens with zero attached hydrogens (tertiary/aromatic N) is 3. The van der Waals surface area contributed by atoms with Crippen molar-refractivity contribution in [3.63, 3.8) is 0 Å².